The molecule has 2 fully saturated rings. The summed E-state index contributed by atoms with van der Waals surface area (Å²) in [5.74, 6) is -0.504. The molecule has 0 aromatic heterocycles. The quantitative estimate of drug-likeness (QED) is 0.259. The number of benzene rings is 2. The fourth-order valence-corrected chi connectivity index (χ4v) is 4.60. The molecule has 3 amide bonds. The van der Waals surface area contributed by atoms with Crippen LogP contribution < -0.4 is 20.7 Å². The van der Waals surface area contributed by atoms with Crippen LogP contribution in [0.25, 0.3) is 0 Å². The lowest BCUT2D eigenvalue weighted by molar-refractivity contribution is -0.131. The summed E-state index contributed by atoms with van der Waals surface area (Å²) in [4.78, 5) is 53.8. The third kappa shape index (κ3) is 13.4. The first kappa shape index (κ1) is 35.6. The van der Waals surface area contributed by atoms with Crippen LogP contribution in [-0.2, 0) is 41.6 Å². The standard InChI is InChI=1S/C25H37N5O6.C8H10O/c1-17(27-23(32)15-30-8-10-35-11-9-30)25(34)26-13-22(31)28-20(24(33)21-16-36-21)12-18-4-6-19(7-5-18)14-29(2)3;1-7-3-5-8(9-2)6-4-7/h4-7,17,20-21H,8-16H2,1-3H3,(H,26,34)(H,27,32)(H,28,31);3-6H,1-2H3/t17?,20?,21-;/m1./s1. The molecule has 12 heteroatoms. The summed E-state index contributed by atoms with van der Waals surface area (Å²) in [5, 5.41) is 7.89. The van der Waals surface area contributed by atoms with E-state index in [1.807, 2.05) is 67.5 Å². The van der Waals surface area contributed by atoms with Crippen LogP contribution in [0, 0.1) is 6.92 Å². The van der Waals surface area contributed by atoms with Gasteiger partial charge in [-0.05, 0) is 57.6 Å². The van der Waals surface area contributed by atoms with Crippen LogP contribution in [0.5, 0.6) is 5.75 Å². The average Bonchev–Trinajstić information content (AvgIpc) is 3.87. The highest BCUT2D eigenvalue weighted by Crippen LogP contribution is 2.16. The molecule has 2 aromatic rings. The minimum atomic E-state index is -0.802. The van der Waals surface area contributed by atoms with E-state index in [2.05, 4.69) is 27.8 Å². The van der Waals surface area contributed by atoms with Gasteiger partial charge >= 0.3 is 0 Å². The van der Waals surface area contributed by atoms with Gasteiger partial charge < -0.3 is 35.1 Å². The number of epoxide rings is 1. The van der Waals surface area contributed by atoms with Crippen molar-refractivity contribution in [1.29, 1.82) is 0 Å². The Balaban J connectivity index is 0.000000525. The molecule has 0 aliphatic carbocycles. The second-order valence-electron chi connectivity index (χ2n) is 11.5. The van der Waals surface area contributed by atoms with Crippen molar-refractivity contribution < 1.29 is 33.4 Å². The second-order valence-corrected chi connectivity index (χ2v) is 11.5. The van der Waals surface area contributed by atoms with Crippen molar-refractivity contribution in [2.45, 2.75) is 45.0 Å². The zero-order valence-corrected chi connectivity index (χ0v) is 27.0. The Hall–Kier alpha value is -3.84. The monoisotopic (exact) mass is 625 g/mol. The number of nitrogens with zero attached hydrogens (tertiary/aromatic N) is 2. The van der Waals surface area contributed by atoms with E-state index in [4.69, 9.17) is 14.2 Å². The van der Waals surface area contributed by atoms with Gasteiger partial charge in [-0.25, -0.2) is 0 Å². The van der Waals surface area contributed by atoms with E-state index in [0.717, 1.165) is 23.4 Å². The molecule has 0 radical (unpaired) electrons. The van der Waals surface area contributed by atoms with Gasteiger partial charge in [0.15, 0.2) is 5.78 Å². The molecule has 2 aliphatic heterocycles. The van der Waals surface area contributed by atoms with Crippen LogP contribution in [0.2, 0.25) is 0 Å². The zero-order chi connectivity index (χ0) is 32.8. The predicted octanol–water partition coefficient (Wildman–Crippen LogP) is 0.700. The smallest absolute Gasteiger partial charge is 0.242 e. The van der Waals surface area contributed by atoms with Gasteiger partial charge in [0.05, 0.1) is 46.1 Å². The van der Waals surface area contributed by atoms with Crippen molar-refractivity contribution in [1.82, 2.24) is 25.8 Å². The summed E-state index contributed by atoms with van der Waals surface area (Å²) in [7, 11) is 5.66. The first-order chi connectivity index (χ1) is 21.5. The van der Waals surface area contributed by atoms with Crippen LogP contribution in [0.1, 0.15) is 23.6 Å². The Morgan fingerprint density at radius 1 is 0.956 bits per heavy atom. The molecule has 2 unspecified atom stereocenters. The van der Waals surface area contributed by atoms with Gasteiger partial charge in [0.1, 0.15) is 17.9 Å². The third-order valence-electron chi connectivity index (χ3n) is 7.21. The van der Waals surface area contributed by atoms with E-state index in [1.54, 1.807) is 14.0 Å². The van der Waals surface area contributed by atoms with Crippen LogP contribution in [-0.4, -0.2) is 119 Å². The molecule has 3 N–H and O–H groups in total. The van der Waals surface area contributed by atoms with E-state index < -0.39 is 30.0 Å². The van der Waals surface area contributed by atoms with Gasteiger partial charge in [-0.3, -0.25) is 24.1 Å². The fourth-order valence-electron chi connectivity index (χ4n) is 4.60. The van der Waals surface area contributed by atoms with Gasteiger partial charge in [0.2, 0.25) is 17.7 Å². The number of amides is 3. The Bertz CT molecular complexity index is 1240. The number of carbonyl (C=O) groups is 4. The number of aryl methyl sites for hydroxylation is 1. The van der Waals surface area contributed by atoms with Gasteiger partial charge in [0.25, 0.3) is 0 Å². The van der Waals surface area contributed by atoms with E-state index >= 15 is 0 Å². The average molecular weight is 626 g/mol. The maximum atomic E-state index is 12.7. The number of hydrogen-bond donors (Lipinski definition) is 3. The van der Waals surface area contributed by atoms with Gasteiger partial charge in [-0.2, -0.15) is 0 Å². The molecular weight excluding hydrogens is 578 g/mol. The van der Waals surface area contributed by atoms with Gasteiger partial charge in [-0.15, -0.1) is 0 Å². The van der Waals surface area contributed by atoms with Crippen molar-refractivity contribution in [3.63, 3.8) is 0 Å². The highest BCUT2D eigenvalue weighted by atomic mass is 16.6. The largest absolute Gasteiger partial charge is 0.497 e. The van der Waals surface area contributed by atoms with E-state index in [0.29, 0.717) is 39.3 Å². The molecule has 246 valence electrons. The minimum absolute atomic E-state index is 0.184. The Kier molecular flexibility index (Phi) is 14.4. The minimum Gasteiger partial charge on any atom is -0.497 e. The molecule has 45 heavy (non-hydrogen) atoms. The highest BCUT2D eigenvalue weighted by molar-refractivity contribution is 5.95. The van der Waals surface area contributed by atoms with Crippen LogP contribution >= 0.6 is 0 Å². The Morgan fingerprint density at radius 2 is 1.58 bits per heavy atom. The topological polar surface area (TPSA) is 142 Å². The number of Topliss-reactive ketones (excluding diaryl/α,β-unsaturated/α-hetero) is 1. The zero-order valence-electron chi connectivity index (χ0n) is 27.0. The molecule has 0 bridgehead atoms. The van der Waals surface area contributed by atoms with Crippen molar-refractivity contribution in [2.24, 2.45) is 0 Å². The molecule has 2 saturated heterocycles. The van der Waals surface area contributed by atoms with Crippen LogP contribution in [0.3, 0.4) is 0 Å². The molecular formula is C33H47N5O7. The summed E-state index contributed by atoms with van der Waals surface area (Å²) in [6.45, 7) is 7.14. The number of hydrogen-bond acceptors (Lipinski definition) is 9. The highest BCUT2D eigenvalue weighted by Gasteiger charge is 2.37. The first-order valence-corrected chi connectivity index (χ1v) is 15.2. The van der Waals surface area contributed by atoms with Crippen LogP contribution in [0.15, 0.2) is 48.5 Å². The predicted molar refractivity (Wildman–Crippen MR) is 170 cm³/mol. The van der Waals surface area contributed by atoms with Gasteiger partial charge in [-0.1, -0.05) is 42.0 Å². The molecule has 2 aliphatic rings. The number of carbonyl (C=O) groups excluding carboxylic acids is 4. The SMILES string of the molecule is CC(NC(=O)CN1CCOCC1)C(=O)NCC(=O)NC(Cc1ccc(CN(C)C)cc1)C(=O)[C@H]1CO1.COc1ccc(C)cc1. The number of morpholine rings is 1. The van der Waals surface area contributed by atoms with Crippen molar-refractivity contribution in [3.8, 4) is 5.75 Å². The van der Waals surface area contributed by atoms with Crippen molar-refractivity contribution in [3.05, 3.63) is 65.2 Å². The van der Waals surface area contributed by atoms with Crippen LogP contribution in [0.4, 0.5) is 0 Å². The van der Waals surface area contributed by atoms with E-state index in [9.17, 15) is 19.2 Å². The Labute approximate surface area is 265 Å². The lowest BCUT2D eigenvalue weighted by atomic mass is 9.99. The number of nitrogens with one attached hydrogen (secondary N) is 3. The number of rotatable bonds is 14. The lowest BCUT2D eigenvalue weighted by Crippen LogP contribution is -2.52. The van der Waals surface area contributed by atoms with E-state index in [1.165, 1.54) is 5.56 Å². The third-order valence-corrected chi connectivity index (χ3v) is 7.21. The molecule has 2 heterocycles. The maximum Gasteiger partial charge on any atom is 0.242 e. The normalized spacial score (nSPS) is 17.2. The summed E-state index contributed by atoms with van der Waals surface area (Å²) in [5.41, 5.74) is 3.32. The molecule has 3 atom stereocenters. The number of ketones is 1. The number of ether oxygens (including phenoxy) is 3. The molecule has 0 saturated carbocycles. The summed E-state index contributed by atoms with van der Waals surface area (Å²) in [6.07, 6.45) is -0.172. The lowest BCUT2D eigenvalue weighted by Gasteiger charge is -2.26. The summed E-state index contributed by atoms with van der Waals surface area (Å²) in [6, 6.07) is 14.3. The van der Waals surface area contributed by atoms with Gasteiger partial charge in [0, 0.05) is 19.6 Å². The summed E-state index contributed by atoms with van der Waals surface area (Å²) < 4.78 is 15.4. The van der Waals surface area contributed by atoms with Crippen molar-refractivity contribution >= 4 is 23.5 Å². The molecule has 2 aromatic carbocycles. The fraction of sp³-hybridized carbons (Fsp3) is 0.515. The van der Waals surface area contributed by atoms with E-state index in [-0.39, 0.29) is 24.8 Å². The summed E-state index contributed by atoms with van der Waals surface area (Å²) >= 11 is 0. The molecule has 0 spiro atoms. The Morgan fingerprint density at radius 3 is 2.16 bits per heavy atom. The van der Waals surface area contributed by atoms with Crippen molar-refractivity contribution in [2.75, 3.05) is 67.2 Å². The first-order valence-electron chi connectivity index (χ1n) is 15.2. The number of methoxy groups -OCH3 is 1. The maximum absolute atomic E-state index is 12.7. The molecule has 12 nitrogen and oxygen atoms in total. The second kappa shape index (κ2) is 18.2. The molecule has 4 rings (SSSR count).